The van der Waals surface area contributed by atoms with E-state index < -0.39 is 6.36 Å². The molecule has 1 aromatic heterocycles. The Labute approximate surface area is 234 Å². The summed E-state index contributed by atoms with van der Waals surface area (Å²) in [5.41, 5.74) is 5.30. The lowest BCUT2D eigenvalue weighted by Gasteiger charge is -2.09. The van der Waals surface area contributed by atoms with Gasteiger partial charge in [0.05, 0.1) is 5.69 Å². The van der Waals surface area contributed by atoms with Crippen LogP contribution < -0.4 is 15.4 Å². The minimum absolute atomic E-state index is 0.255. The average Bonchev–Trinajstić information content (AvgIpc) is 3.46. The SMILES string of the molecule is O=C(NCCCc1ccc(-c2ncn(-c3ccc(OC(F)(F)F)cc3)n2)cc1)Nc1cccc(-c2ccccc2)c1. The Morgan fingerprint density at radius 1 is 0.829 bits per heavy atom. The average molecular weight is 558 g/mol. The van der Waals surface area contributed by atoms with Crippen molar-refractivity contribution in [3.8, 4) is 34.0 Å². The van der Waals surface area contributed by atoms with Crippen LogP contribution >= 0.6 is 0 Å². The van der Waals surface area contributed by atoms with Crippen LogP contribution in [0, 0.1) is 0 Å². The van der Waals surface area contributed by atoms with E-state index in [9.17, 15) is 18.0 Å². The number of carbonyl (C=O) groups is 1. The zero-order chi connectivity index (χ0) is 28.7. The van der Waals surface area contributed by atoms with Crippen molar-refractivity contribution in [3.05, 3.63) is 115 Å². The molecule has 0 unspecified atom stereocenters. The van der Waals surface area contributed by atoms with E-state index in [1.54, 1.807) is 0 Å². The van der Waals surface area contributed by atoms with Gasteiger partial charge in [0.15, 0.2) is 5.82 Å². The van der Waals surface area contributed by atoms with Crippen LogP contribution in [0.4, 0.5) is 23.7 Å². The summed E-state index contributed by atoms with van der Waals surface area (Å²) >= 11 is 0. The Morgan fingerprint density at radius 3 is 2.29 bits per heavy atom. The smallest absolute Gasteiger partial charge is 0.406 e. The maximum Gasteiger partial charge on any atom is 0.573 e. The fourth-order valence-corrected chi connectivity index (χ4v) is 4.22. The summed E-state index contributed by atoms with van der Waals surface area (Å²) < 4.78 is 42.5. The lowest BCUT2D eigenvalue weighted by Crippen LogP contribution is -2.29. The van der Waals surface area contributed by atoms with Crippen molar-refractivity contribution in [3.63, 3.8) is 0 Å². The molecule has 0 aliphatic carbocycles. The Bertz CT molecular complexity index is 1590. The molecule has 0 aliphatic rings. The second-order valence-electron chi connectivity index (χ2n) is 9.18. The highest BCUT2D eigenvalue weighted by atomic mass is 19.4. The molecule has 1 heterocycles. The lowest BCUT2D eigenvalue weighted by atomic mass is 10.1. The van der Waals surface area contributed by atoms with Gasteiger partial charge in [0.1, 0.15) is 12.1 Å². The number of amides is 2. The number of aryl methyl sites for hydroxylation is 1. The molecule has 0 atom stereocenters. The number of alkyl halides is 3. The van der Waals surface area contributed by atoms with Crippen molar-refractivity contribution in [1.82, 2.24) is 20.1 Å². The third-order valence-electron chi connectivity index (χ3n) is 6.19. The molecule has 0 fully saturated rings. The third-order valence-corrected chi connectivity index (χ3v) is 6.19. The van der Waals surface area contributed by atoms with Gasteiger partial charge in [-0.15, -0.1) is 18.3 Å². The number of carbonyl (C=O) groups excluding carboxylic acids is 1. The van der Waals surface area contributed by atoms with Crippen LogP contribution in [0.1, 0.15) is 12.0 Å². The molecule has 2 N–H and O–H groups in total. The fourth-order valence-electron chi connectivity index (χ4n) is 4.22. The van der Waals surface area contributed by atoms with Crippen LogP contribution in [-0.4, -0.2) is 33.7 Å². The van der Waals surface area contributed by atoms with E-state index in [0.29, 0.717) is 18.1 Å². The third kappa shape index (κ3) is 7.72. The largest absolute Gasteiger partial charge is 0.573 e. The summed E-state index contributed by atoms with van der Waals surface area (Å²) in [7, 11) is 0. The number of hydrogen-bond donors (Lipinski definition) is 2. The summed E-state index contributed by atoms with van der Waals surface area (Å²) in [4.78, 5) is 16.7. The van der Waals surface area contributed by atoms with E-state index >= 15 is 0 Å². The Kier molecular flexibility index (Phi) is 8.28. The standard InChI is InChI=1S/C31H26F3N5O2/c32-31(33,34)41-28-17-15-27(16-18-28)39-21-36-29(38-39)24-13-11-22(12-14-24)6-5-19-35-30(40)37-26-10-4-9-25(20-26)23-7-2-1-3-8-23/h1-4,7-18,20-21H,5-6,19H2,(H2,35,37,40). The van der Waals surface area contributed by atoms with Crippen molar-refractivity contribution in [2.45, 2.75) is 19.2 Å². The quantitative estimate of drug-likeness (QED) is 0.187. The zero-order valence-corrected chi connectivity index (χ0v) is 21.8. The van der Waals surface area contributed by atoms with E-state index in [-0.39, 0.29) is 11.8 Å². The number of halogens is 3. The first-order valence-electron chi connectivity index (χ1n) is 12.9. The van der Waals surface area contributed by atoms with Gasteiger partial charge < -0.3 is 15.4 Å². The van der Waals surface area contributed by atoms with Gasteiger partial charge in [-0.25, -0.2) is 14.5 Å². The fraction of sp³-hybridized carbons (Fsp3) is 0.129. The number of anilines is 1. The maximum atomic E-state index is 12.4. The summed E-state index contributed by atoms with van der Waals surface area (Å²) in [6.07, 6.45) is -1.71. The Morgan fingerprint density at radius 2 is 1.56 bits per heavy atom. The number of nitrogens with zero attached hydrogens (tertiary/aromatic N) is 3. The predicted octanol–water partition coefficient (Wildman–Crippen LogP) is 7.25. The number of benzene rings is 4. The van der Waals surface area contributed by atoms with E-state index in [1.165, 1.54) is 35.3 Å². The second-order valence-corrected chi connectivity index (χ2v) is 9.18. The second kappa shape index (κ2) is 12.4. The summed E-state index contributed by atoms with van der Waals surface area (Å²) in [6, 6.07) is 30.6. The highest BCUT2D eigenvalue weighted by Crippen LogP contribution is 2.25. The molecule has 5 rings (SSSR count). The van der Waals surface area contributed by atoms with Gasteiger partial charge in [-0.1, -0.05) is 66.7 Å². The molecule has 208 valence electrons. The summed E-state index contributed by atoms with van der Waals surface area (Å²) in [5, 5.41) is 10.2. The van der Waals surface area contributed by atoms with Crippen LogP contribution in [0.5, 0.6) is 5.75 Å². The topological polar surface area (TPSA) is 81.1 Å². The zero-order valence-electron chi connectivity index (χ0n) is 21.8. The molecule has 5 aromatic rings. The van der Waals surface area contributed by atoms with Gasteiger partial charge in [-0.05, 0) is 65.9 Å². The highest BCUT2D eigenvalue weighted by molar-refractivity contribution is 5.90. The van der Waals surface area contributed by atoms with Crippen LogP contribution in [0.2, 0.25) is 0 Å². The first-order chi connectivity index (χ1) is 19.8. The number of rotatable bonds is 9. The molecule has 0 spiro atoms. The Balaban J connectivity index is 1.08. The van der Waals surface area contributed by atoms with Gasteiger partial charge in [0, 0.05) is 17.8 Å². The molecule has 4 aromatic carbocycles. The van der Waals surface area contributed by atoms with Crippen LogP contribution in [0.3, 0.4) is 0 Å². The summed E-state index contributed by atoms with van der Waals surface area (Å²) in [5.74, 6) is 0.184. The maximum absolute atomic E-state index is 12.4. The Hall–Kier alpha value is -5.12. The van der Waals surface area contributed by atoms with Gasteiger partial charge in [0.25, 0.3) is 0 Å². The lowest BCUT2D eigenvalue weighted by molar-refractivity contribution is -0.274. The molecule has 7 nitrogen and oxygen atoms in total. The minimum Gasteiger partial charge on any atom is -0.406 e. The van der Waals surface area contributed by atoms with Crippen molar-refractivity contribution >= 4 is 11.7 Å². The highest BCUT2D eigenvalue weighted by Gasteiger charge is 2.31. The first-order valence-corrected chi connectivity index (χ1v) is 12.9. The van der Waals surface area contributed by atoms with Crippen molar-refractivity contribution in [2.75, 3.05) is 11.9 Å². The normalized spacial score (nSPS) is 11.2. The molecule has 2 amide bonds. The van der Waals surface area contributed by atoms with Crippen LogP contribution in [-0.2, 0) is 6.42 Å². The number of ether oxygens (including phenoxy) is 1. The van der Waals surface area contributed by atoms with Crippen molar-refractivity contribution in [1.29, 1.82) is 0 Å². The first kappa shape index (κ1) is 27.4. The van der Waals surface area contributed by atoms with Crippen LogP contribution in [0.15, 0.2) is 109 Å². The van der Waals surface area contributed by atoms with Gasteiger partial charge in [-0.2, -0.15) is 0 Å². The monoisotopic (exact) mass is 557 g/mol. The minimum atomic E-state index is -4.74. The molecule has 0 saturated heterocycles. The van der Waals surface area contributed by atoms with Crippen molar-refractivity contribution in [2.24, 2.45) is 0 Å². The van der Waals surface area contributed by atoms with Crippen molar-refractivity contribution < 1.29 is 22.7 Å². The van der Waals surface area contributed by atoms with Crippen LogP contribution in [0.25, 0.3) is 28.2 Å². The molecule has 0 radical (unpaired) electrons. The summed E-state index contributed by atoms with van der Waals surface area (Å²) in [6.45, 7) is 0.519. The number of urea groups is 1. The van der Waals surface area contributed by atoms with Gasteiger partial charge >= 0.3 is 12.4 Å². The molecular weight excluding hydrogens is 531 g/mol. The molecule has 0 saturated carbocycles. The number of aromatic nitrogens is 3. The molecule has 0 aliphatic heterocycles. The molecule has 41 heavy (non-hydrogen) atoms. The number of hydrogen-bond acceptors (Lipinski definition) is 4. The number of nitrogens with one attached hydrogen (secondary N) is 2. The van der Waals surface area contributed by atoms with E-state index in [4.69, 9.17) is 0 Å². The molecular formula is C31H26F3N5O2. The van der Waals surface area contributed by atoms with E-state index in [1.807, 2.05) is 78.9 Å². The van der Waals surface area contributed by atoms with Gasteiger partial charge in [-0.3, -0.25) is 0 Å². The van der Waals surface area contributed by atoms with E-state index in [0.717, 1.165) is 40.8 Å². The van der Waals surface area contributed by atoms with Gasteiger partial charge in [0.2, 0.25) is 0 Å². The molecule has 10 heteroatoms. The van der Waals surface area contributed by atoms with E-state index in [2.05, 4.69) is 25.5 Å². The predicted molar refractivity (Wildman–Crippen MR) is 151 cm³/mol. The molecule has 0 bridgehead atoms.